The van der Waals surface area contributed by atoms with Crippen molar-refractivity contribution in [2.24, 2.45) is 0 Å². The third kappa shape index (κ3) is 4.85. The van der Waals surface area contributed by atoms with Gasteiger partial charge in [0, 0.05) is 11.4 Å². The lowest BCUT2D eigenvalue weighted by atomic mass is 10.2. The summed E-state index contributed by atoms with van der Waals surface area (Å²) in [6, 6.07) is 1.65. The van der Waals surface area contributed by atoms with Gasteiger partial charge < -0.3 is 15.2 Å². The SMILES string of the molecule is CCCCCNC(=O)C(C)Oc1cc(C)sc1C(=O)O. The van der Waals surface area contributed by atoms with E-state index in [2.05, 4.69) is 12.2 Å². The minimum absolute atomic E-state index is 0.133. The van der Waals surface area contributed by atoms with Crippen LogP contribution in [0.4, 0.5) is 0 Å². The Balaban J connectivity index is 2.55. The predicted molar refractivity (Wildman–Crippen MR) is 78.6 cm³/mol. The molecular weight excluding hydrogens is 278 g/mol. The molecule has 1 atom stereocenters. The number of thiophene rings is 1. The fourth-order valence-corrected chi connectivity index (χ4v) is 2.48. The standard InChI is InChI=1S/C14H21NO4S/c1-4-5-6-7-15-13(16)10(3)19-11-8-9(2)20-12(11)14(17)18/h8,10H,4-7H2,1-3H3,(H,15,16)(H,17,18). The zero-order chi connectivity index (χ0) is 15.1. The van der Waals surface area contributed by atoms with Crippen molar-refractivity contribution in [1.82, 2.24) is 5.32 Å². The molecule has 0 aliphatic rings. The molecule has 0 fully saturated rings. The molecule has 112 valence electrons. The van der Waals surface area contributed by atoms with Crippen LogP contribution in [0, 0.1) is 6.92 Å². The van der Waals surface area contributed by atoms with Crippen LogP contribution in [0.25, 0.3) is 0 Å². The quantitative estimate of drug-likeness (QED) is 0.724. The van der Waals surface area contributed by atoms with Crippen LogP contribution in [0.3, 0.4) is 0 Å². The number of amides is 1. The van der Waals surface area contributed by atoms with Crippen LogP contribution < -0.4 is 10.1 Å². The van der Waals surface area contributed by atoms with E-state index in [1.807, 2.05) is 0 Å². The molecule has 0 spiro atoms. The van der Waals surface area contributed by atoms with Gasteiger partial charge in [-0.15, -0.1) is 11.3 Å². The number of carbonyl (C=O) groups is 2. The average Bonchev–Trinajstić information content (AvgIpc) is 2.75. The summed E-state index contributed by atoms with van der Waals surface area (Å²) in [6.07, 6.45) is 2.40. The van der Waals surface area contributed by atoms with Crippen molar-refractivity contribution in [3.63, 3.8) is 0 Å². The maximum absolute atomic E-state index is 11.8. The van der Waals surface area contributed by atoms with Gasteiger partial charge in [0.1, 0.15) is 5.75 Å². The molecule has 0 saturated heterocycles. The van der Waals surface area contributed by atoms with Gasteiger partial charge in [0.25, 0.3) is 5.91 Å². The van der Waals surface area contributed by atoms with E-state index in [1.54, 1.807) is 19.9 Å². The van der Waals surface area contributed by atoms with Gasteiger partial charge in [0.05, 0.1) is 0 Å². The highest BCUT2D eigenvalue weighted by atomic mass is 32.1. The van der Waals surface area contributed by atoms with Crippen LogP contribution in [0.2, 0.25) is 0 Å². The lowest BCUT2D eigenvalue weighted by molar-refractivity contribution is -0.127. The molecule has 0 aliphatic heterocycles. The van der Waals surface area contributed by atoms with Crippen molar-refractivity contribution in [2.45, 2.75) is 46.1 Å². The van der Waals surface area contributed by atoms with Crippen molar-refractivity contribution in [1.29, 1.82) is 0 Å². The Hall–Kier alpha value is -1.56. The highest BCUT2D eigenvalue weighted by Gasteiger charge is 2.20. The normalized spacial score (nSPS) is 11.9. The van der Waals surface area contributed by atoms with E-state index in [-0.39, 0.29) is 16.5 Å². The Bertz CT molecular complexity index is 470. The third-order valence-corrected chi connectivity index (χ3v) is 3.79. The molecule has 1 rings (SSSR count). The molecule has 1 unspecified atom stereocenters. The molecule has 0 radical (unpaired) electrons. The number of nitrogens with one attached hydrogen (secondary N) is 1. The number of carbonyl (C=O) groups excluding carboxylic acids is 1. The third-order valence-electron chi connectivity index (χ3n) is 2.77. The molecule has 0 bridgehead atoms. The Labute approximate surface area is 123 Å². The minimum atomic E-state index is -1.03. The lowest BCUT2D eigenvalue weighted by Crippen LogP contribution is -2.36. The molecule has 1 aromatic rings. The van der Waals surface area contributed by atoms with E-state index >= 15 is 0 Å². The first-order valence-corrected chi connectivity index (χ1v) is 7.55. The monoisotopic (exact) mass is 299 g/mol. The first-order valence-electron chi connectivity index (χ1n) is 6.73. The second-order valence-corrected chi connectivity index (χ2v) is 5.87. The number of unbranched alkanes of at least 4 members (excludes halogenated alkanes) is 2. The van der Waals surface area contributed by atoms with Crippen LogP contribution >= 0.6 is 11.3 Å². The molecule has 20 heavy (non-hydrogen) atoms. The van der Waals surface area contributed by atoms with Gasteiger partial charge >= 0.3 is 5.97 Å². The van der Waals surface area contributed by atoms with Crippen molar-refractivity contribution < 1.29 is 19.4 Å². The predicted octanol–water partition coefficient (Wildman–Crippen LogP) is 2.83. The van der Waals surface area contributed by atoms with Crippen LogP contribution in [-0.2, 0) is 4.79 Å². The first-order chi connectivity index (χ1) is 9.45. The van der Waals surface area contributed by atoms with E-state index in [0.717, 1.165) is 35.5 Å². The summed E-state index contributed by atoms with van der Waals surface area (Å²) in [7, 11) is 0. The summed E-state index contributed by atoms with van der Waals surface area (Å²) >= 11 is 1.14. The number of hydrogen-bond donors (Lipinski definition) is 2. The Kier molecular flexibility index (Phi) is 6.51. The molecule has 0 aromatic carbocycles. The second-order valence-electron chi connectivity index (χ2n) is 4.61. The molecule has 5 nitrogen and oxygen atoms in total. The number of carboxylic acids is 1. The molecule has 1 amide bonds. The summed E-state index contributed by atoms with van der Waals surface area (Å²) < 4.78 is 5.46. The van der Waals surface area contributed by atoms with Gasteiger partial charge in [-0.3, -0.25) is 4.79 Å². The van der Waals surface area contributed by atoms with E-state index in [0.29, 0.717) is 6.54 Å². The molecular formula is C14H21NO4S. The summed E-state index contributed by atoms with van der Waals surface area (Å²) in [6.45, 7) is 6.14. The van der Waals surface area contributed by atoms with Gasteiger partial charge in [-0.2, -0.15) is 0 Å². The van der Waals surface area contributed by atoms with Crippen LogP contribution in [0.5, 0.6) is 5.75 Å². The zero-order valence-corrected chi connectivity index (χ0v) is 12.9. The van der Waals surface area contributed by atoms with Crippen molar-refractivity contribution >= 4 is 23.2 Å². The lowest BCUT2D eigenvalue weighted by Gasteiger charge is -2.14. The average molecular weight is 299 g/mol. The number of rotatable bonds is 8. The largest absolute Gasteiger partial charge is 0.479 e. The minimum Gasteiger partial charge on any atom is -0.479 e. The van der Waals surface area contributed by atoms with E-state index in [4.69, 9.17) is 9.84 Å². The number of aryl methyl sites for hydroxylation is 1. The fraction of sp³-hybridized carbons (Fsp3) is 0.571. The van der Waals surface area contributed by atoms with Crippen LogP contribution in [0.1, 0.15) is 47.7 Å². The van der Waals surface area contributed by atoms with Crippen LogP contribution in [0.15, 0.2) is 6.07 Å². The highest BCUT2D eigenvalue weighted by Crippen LogP contribution is 2.29. The molecule has 2 N–H and O–H groups in total. The molecule has 1 aromatic heterocycles. The zero-order valence-electron chi connectivity index (χ0n) is 12.1. The van der Waals surface area contributed by atoms with Gasteiger partial charge in [0.15, 0.2) is 11.0 Å². The number of aromatic carboxylic acids is 1. The van der Waals surface area contributed by atoms with Gasteiger partial charge in [-0.05, 0) is 26.3 Å². The summed E-state index contributed by atoms with van der Waals surface area (Å²) in [5, 5.41) is 11.8. The van der Waals surface area contributed by atoms with Gasteiger partial charge in [-0.25, -0.2) is 4.79 Å². The Morgan fingerprint density at radius 3 is 2.75 bits per heavy atom. The number of carboxylic acid groups (broad SMARTS) is 1. The summed E-state index contributed by atoms with van der Waals surface area (Å²) in [5.41, 5.74) is 0. The topological polar surface area (TPSA) is 75.6 Å². The van der Waals surface area contributed by atoms with Gasteiger partial charge in [0.2, 0.25) is 0 Å². The van der Waals surface area contributed by atoms with Crippen molar-refractivity contribution in [3.05, 3.63) is 15.8 Å². The summed E-state index contributed by atoms with van der Waals surface area (Å²) in [4.78, 5) is 23.9. The maximum atomic E-state index is 11.8. The molecule has 0 saturated carbocycles. The smallest absolute Gasteiger partial charge is 0.349 e. The Morgan fingerprint density at radius 1 is 1.45 bits per heavy atom. The first kappa shape index (κ1) is 16.5. The second kappa shape index (κ2) is 7.89. The van der Waals surface area contributed by atoms with Gasteiger partial charge in [-0.1, -0.05) is 19.8 Å². The number of hydrogen-bond acceptors (Lipinski definition) is 4. The van der Waals surface area contributed by atoms with E-state index < -0.39 is 12.1 Å². The highest BCUT2D eigenvalue weighted by molar-refractivity contribution is 7.14. The molecule has 0 aliphatic carbocycles. The van der Waals surface area contributed by atoms with Crippen molar-refractivity contribution in [3.8, 4) is 5.75 Å². The summed E-state index contributed by atoms with van der Waals surface area (Å²) in [5.74, 6) is -0.994. The fourth-order valence-electron chi connectivity index (χ4n) is 1.70. The van der Waals surface area contributed by atoms with E-state index in [9.17, 15) is 9.59 Å². The van der Waals surface area contributed by atoms with Crippen molar-refractivity contribution in [2.75, 3.05) is 6.54 Å². The Morgan fingerprint density at radius 2 is 2.15 bits per heavy atom. The number of ether oxygens (including phenoxy) is 1. The molecule has 1 heterocycles. The molecule has 6 heteroatoms. The van der Waals surface area contributed by atoms with Crippen LogP contribution in [-0.4, -0.2) is 29.6 Å². The maximum Gasteiger partial charge on any atom is 0.349 e. The van der Waals surface area contributed by atoms with E-state index in [1.165, 1.54) is 0 Å².